The van der Waals surface area contributed by atoms with E-state index in [0.29, 0.717) is 39.9 Å². The van der Waals surface area contributed by atoms with Crippen LogP contribution in [0.15, 0.2) is 30.3 Å². The average Bonchev–Trinajstić information content (AvgIpc) is 3.20. The third-order valence-electron chi connectivity index (χ3n) is 5.01. The van der Waals surface area contributed by atoms with Gasteiger partial charge in [0.25, 0.3) is 0 Å². The van der Waals surface area contributed by atoms with Crippen molar-refractivity contribution in [3.63, 3.8) is 0 Å². The molecule has 0 saturated carbocycles. The minimum absolute atomic E-state index is 0.0689. The Morgan fingerprint density at radius 1 is 1.07 bits per heavy atom. The molecule has 3 aromatic heterocycles. The predicted octanol–water partition coefficient (Wildman–Crippen LogP) is 2.68. The average molecular weight is 395 g/mol. The third kappa shape index (κ3) is 2.75. The molecule has 1 amide bonds. The number of rotatable bonds is 2. The van der Waals surface area contributed by atoms with Crippen molar-refractivity contribution in [1.29, 1.82) is 0 Å². The number of fused-ring (bicyclic) bond motifs is 2. The highest BCUT2D eigenvalue weighted by Crippen LogP contribution is 2.40. The maximum Gasteiger partial charge on any atom is 0.226 e. The minimum atomic E-state index is -0.687. The second-order valence-corrected chi connectivity index (χ2v) is 6.98. The second-order valence-electron chi connectivity index (χ2n) is 6.98. The fourth-order valence-electron chi connectivity index (χ4n) is 3.77. The molecule has 0 fully saturated rings. The molecule has 5 rings (SSSR count). The van der Waals surface area contributed by atoms with Crippen LogP contribution in [-0.4, -0.2) is 35.5 Å². The number of halogens is 2. The number of hydrogen-bond donors (Lipinski definition) is 1. The molecule has 0 bridgehead atoms. The first-order chi connectivity index (χ1) is 13.9. The summed E-state index contributed by atoms with van der Waals surface area (Å²) in [6.07, 6.45) is 0.0689. The van der Waals surface area contributed by atoms with Gasteiger partial charge in [0, 0.05) is 24.0 Å². The third-order valence-corrected chi connectivity index (χ3v) is 5.01. The molecule has 0 radical (unpaired) electrons. The van der Waals surface area contributed by atoms with E-state index < -0.39 is 17.6 Å². The molecule has 1 atom stereocenters. The van der Waals surface area contributed by atoms with Gasteiger partial charge >= 0.3 is 0 Å². The van der Waals surface area contributed by atoms with Crippen LogP contribution in [0, 0.1) is 25.5 Å². The highest BCUT2D eigenvalue weighted by atomic mass is 19.1. The van der Waals surface area contributed by atoms with Gasteiger partial charge in [0.15, 0.2) is 17.3 Å². The van der Waals surface area contributed by atoms with Crippen molar-refractivity contribution in [1.82, 2.24) is 29.6 Å². The first-order valence-electron chi connectivity index (χ1n) is 8.95. The lowest BCUT2D eigenvalue weighted by Crippen LogP contribution is -2.25. The Balaban J connectivity index is 1.69. The number of amides is 1. The number of aromatic nitrogens is 6. The molecule has 0 unspecified atom stereocenters. The summed E-state index contributed by atoms with van der Waals surface area (Å²) < 4.78 is 30.7. The maximum atomic E-state index is 13.8. The monoisotopic (exact) mass is 395 g/mol. The summed E-state index contributed by atoms with van der Waals surface area (Å²) in [4.78, 5) is 12.4. The number of benzene rings is 1. The molecule has 1 aliphatic rings. The van der Waals surface area contributed by atoms with Gasteiger partial charge in [-0.2, -0.15) is 14.3 Å². The van der Waals surface area contributed by atoms with E-state index in [9.17, 15) is 13.6 Å². The van der Waals surface area contributed by atoms with E-state index in [4.69, 9.17) is 0 Å². The van der Waals surface area contributed by atoms with Gasteiger partial charge in [0.05, 0.1) is 5.69 Å². The maximum absolute atomic E-state index is 13.8. The molecule has 10 heteroatoms. The Kier molecular flexibility index (Phi) is 3.70. The molecule has 29 heavy (non-hydrogen) atoms. The van der Waals surface area contributed by atoms with Gasteiger partial charge in [0.2, 0.25) is 5.91 Å². The number of carbonyl (C=O) groups excluding carboxylic acids is 1. The minimum Gasteiger partial charge on any atom is -0.310 e. The van der Waals surface area contributed by atoms with Crippen molar-refractivity contribution in [3.8, 4) is 5.82 Å². The van der Waals surface area contributed by atoms with Crippen molar-refractivity contribution < 1.29 is 13.6 Å². The Bertz CT molecular complexity index is 1270. The number of nitrogens with zero attached hydrogens (tertiary/aromatic N) is 6. The van der Waals surface area contributed by atoms with E-state index in [0.717, 1.165) is 6.07 Å². The lowest BCUT2D eigenvalue weighted by molar-refractivity contribution is -0.116. The fourth-order valence-corrected chi connectivity index (χ4v) is 3.77. The summed E-state index contributed by atoms with van der Waals surface area (Å²) in [5, 5.41) is 19.9. The summed E-state index contributed by atoms with van der Waals surface area (Å²) in [6, 6.07) is 6.77. The van der Waals surface area contributed by atoms with Crippen LogP contribution in [0.3, 0.4) is 0 Å². The Labute approximate surface area is 163 Å². The topological polar surface area (TPSA) is 90.0 Å². The smallest absolute Gasteiger partial charge is 0.226 e. The molecular formula is C19H15F2N7O. The van der Waals surface area contributed by atoms with E-state index in [2.05, 4.69) is 25.7 Å². The number of carbonyl (C=O) groups is 1. The van der Waals surface area contributed by atoms with Crippen LogP contribution in [0.25, 0.3) is 11.5 Å². The van der Waals surface area contributed by atoms with Crippen LogP contribution in [0.1, 0.15) is 35.0 Å². The number of hydrogen-bond acceptors (Lipinski definition) is 5. The van der Waals surface area contributed by atoms with Gasteiger partial charge in [-0.05, 0) is 43.7 Å². The zero-order chi connectivity index (χ0) is 20.3. The lowest BCUT2D eigenvalue weighted by Gasteiger charge is -2.24. The van der Waals surface area contributed by atoms with Crippen LogP contribution in [0.4, 0.5) is 14.6 Å². The molecule has 4 aromatic rings. The number of anilines is 1. The highest BCUT2D eigenvalue weighted by Gasteiger charge is 2.33. The van der Waals surface area contributed by atoms with Crippen molar-refractivity contribution in [3.05, 3.63) is 64.6 Å². The van der Waals surface area contributed by atoms with Crippen LogP contribution >= 0.6 is 0 Å². The van der Waals surface area contributed by atoms with E-state index >= 15 is 0 Å². The van der Waals surface area contributed by atoms with E-state index in [1.54, 1.807) is 30.5 Å². The molecule has 146 valence electrons. The fraction of sp³-hybridized carbons (Fsp3) is 0.211. The molecule has 0 aliphatic carbocycles. The Hall–Kier alpha value is -3.69. The summed E-state index contributed by atoms with van der Waals surface area (Å²) >= 11 is 0. The molecule has 4 heterocycles. The molecular weight excluding hydrogens is 380 g/mol. The molecule has 0 saturated heterocycles. The SMILES string of the molecule is Cc1nn(-c2ccc3nnc(C)n3n2)c2c1[C@@H](c1cc(F)cc(F)c1)CC(=O)N2. The summed E-state index contributed by atoms with van der Waals surface area (Å²) in [7, 11) is 0. The van der Waals surface area contributed by atoms with Gasteiger partial charge in [-0.3, -0.25) is 4.79 Å². The van der Waals surface area contributed by atoms with Crippen molar-refractivity contribution in [2.75, 3.05) is 5.32 Å². The van der Waals surface area contributed by atoms with Crippen LogP contribution < -0.4 is 5.32 Å². The molecule has 1 N–H and O–H groups in total. The van der Waals surface area contributed by atoms with Gasteiger partial charge < -0.3 is 5.32 Å². The van der Waals surface area contributed by atoms with Crippen LogP contribution in [-0.2, 0) is 4.79 Å². The molecule has 1 aromatic carbocycles. The lowest BCUT2D eigenvalue weighted by atomic mass is 9.85. The van der Waals surface area contributed by atoms with Gasteiger partial charge in [-0.1, -0.05) is 0 Å². The summed E-state index contributed by atoms with van der Waals surface area (Å²) in [6.45, 7) is 3.56. The zero-order valence-corrected chi connectivity index (χ0v) is 15.5. The van der Waals surface area contributed by atoms with Gasteiger partial charge in [-0.25, -0.2) is 8.78 Å². The molecule has 1 aliphatic heterocycles. The van der Waals surface area contributed by atoms with Gasteiger partial charge in [0.1, 0.15) is 17.5 Å². The highest BCUT2D eigenvalue weighted by molar-refractivity contribution is 5.95. The Morgan fingerprint density at radius 3 is 2.59 bits per heavy atom. The normalized spacial score (nSPS) is 16.1. The number of aryl methyl sites for hydroxylation is 2. The molecule has 0 spiro atoms. The van der Waals surface area contributed by atoms with E-state index in [1.165, 1.54) is 16.8 Å². The zero-order valence-electron chi connectivity index (χ0n) is 15.5. The van der Waals surface area contributed by atoms with Crippen LogP contribution in [0.2, 0.25) is 0 Å². The number of nitrogens with one attached hydrogen (secondary N) is 1. The van der Waals surface area contributed by atoms with Gasteiger partial charge in [-0.15, -0.1) is 15.3 Å². The summed E-state index contributed by atoms with van der Waals surface area (Å²) in [5.74, 6) is -0.660. The largest absolute Gasteiger partial charge is 0.310 e. The first kappa shape index (κ1) is 17.4. The van der Waals surface area contributed by atoms with Crippen molar-refractivity contribution >= 4 is 17.4 Å². The second kappa shape index (κ2) is 6.16. The van der Waals surface area contributed by atoms with E-state index in [-0.39, 0.29) is 12.3 Å². The Morgan fingerprint density at radius 2 is 1.83 bits per heavy atom. The quantitative estimate of drug-likeness (QED) is 0.564. The molecule has 8 nitrogen and oxygen atoms in total. The van der Waals surface area contributed by atoms with Crippen LogP contribution in [0.5, 0.6) is 0 Å². The predicted molar refractivity (Wildman–Crippen MR) is 98.8 cm³/mol. The standard InChI is InChI=1S/C19H15F2N7O/c1-9-18-14(11-5-12(20)7-13(21)6-11)8-17(29)22-19(18)28(25-9)16-4-3-15-24-23-10(2)27(15)26-16/h3-7,14H,8H2,1-2H3,(H,22,29)/t14-/m1/s1. The van der Waals surface area contributed by atoms with E-state index in [1.807, 2.05) is 0 Å². The van der Waals surface area contributed by atoms with Crippen molar-refractivity contribution in [2.24, 2.45) is 0 Å². The van der Waals surface area contributed by atoms with Crippen molar-refractivity contribution in [2.45, 2.75) is 26.2 Å². The first-order valence-corrected chi connectivity index (χ1v) is 8.95. The summed E-state index contributed by atoms with van der Waals surface area (Å²) in [5.41, 5.74) is 2.31.